The molecule has 1 aromatic rings. The van der Waals surface area contributed by atoms with Crippen molar-refractivity contribution in [1.29, 1.82) is 0 Å². The van der Waals surface area contributed by atoms with Gasteiger partial charge in [-0.15, -0.1) is 0 Å². The number of hydrogen-bond donors (Lipinski definition) is 1. The Bertz CT molecular complexity index is 538. The first kappa shape index (κ1) is 13.8. The largest absolute Gasteiger partial charge is 0.389 e. The molecular formula is C14H23N5S. The molecule has 110 valence electrons. The zero-order valence-electron chi connectivity index (χ0n) is 12.5. The van der Waals surface area contributed by atoms with E-state index >= 15 is 0 Å². The van der Waals surface area contributed by atoms with Crippen molar-refractivity contribution >= 4 is 23.0 Å². The van der Waals surface area contributed by atoms with Crippen LogP contribution >= 0.6 is 12.2 Å². The predicted octanol–water partition coefficient (Wildman–Crippen LogP) is 1.04. The van der Waals surface area contributed by atoms with E-state index in [0.29, 0.717) is 11.0 Å². The second kappa shape index (κ2) is 5.00. The first-order chi connectivity index (χ1) is 9.49. The van der Waals surface area contributed by atoms with Crippen LogP contribution in [-0.4, -0.2) is 51.9 Å². The smallest absolute Gasteiger partial charge is 0.137 e. The number of anilines is 1. The summed E-state index contributed by atoms with van der Waals surface area (Å²) >= 11 is 5.23. The second-order valence-electron chi connectivity index (χ2n) is 6.06. The van der Waals surface area contributed by atoms with Crippen LogP contribution < -0.4 is 10.6 Å². The summed E-state index contributed by atoms with van der Waals surface area (Å²) in [5.41, 5.74) is 7.79. The molecule has 20 heavy (non-hydrogen) atoms. The third-order valence-electron chi connectivity index (χ3n) is 4.89. The fraction of sp³-hybridized carbons (Fsp3) is 0.714. The first-order valence-electron chi connectivity index (χ1n) is 7.29. The van der Waals surface area contributed by atoms with Gasteiger partial charge in [0.25, 0.3) is 0 Å². The molecule has 0 aromatic carbocycles. The van der Waals surface area contributed by atoms with Crippen molar-refractivity contribution in [2.75, 3.05) is 25.0 Å². The molecule has 6 heteroatoms. The molecule has 0 radical (unpaired) electrons. The van der Waals surface area contributed by atoms with Crippen LogP contribution in [0.25, 0.3) is 0 Å². The van der Waals surface area contributed by atoms with Crippen molar-refractivity contribution in [1.82, 2.24) is 14.7 Å². The van der Waals surface area contributed by atoms with Gasteiger partial charge >= 0.3 is 0 Å². The maximum absolute atomic E-state index is 5.92. The van der Waals surface area contributed by atoms with Crippen LogP contribution in [0.3, 0.4) is 0 Å². The molecule has 2 unspecified atom stereocenters. The van der Waals surface area contributed by atoms with Crippen molar-refractivity contribution in [2.45, 2.75) is 38.3 Å². The average Bonchev–Trinajstić information content (AvgIpc) is 2.77. The Morgan fingerprint density at radius 2 is 1.95 bits per heavy atom. The maximum Gasteiger partial charge on any atom is 0.137 e. The van der Waals surface area contributed by atoms with Gasteiger partial charge in [0.05, 0.1) is 11.3 Å². The monoisotopic (exact) mass is 293 g/mol. The van der Waals surface area contributed by atoms with Gasteiger partial charge in [0.15, 0.2) is 0 Å². The summed E-state index contributed by atoms with van der Waals surface area (Å²) in [5.74, 6) is 1.09. The standard InChI is InChI=1S/C14H23N5S/c1-9-12(13(15)20)14(18(3)16-9)19-7-6-10-4-5-11(8-19)17(10)2/h10-11H,4-8H2,1-3H3,(H2,15,20). The van der Waals surface area contributed by atoms with Crippen molar-refractivity contribution in [2.24, 2.45) is 12.8 Å². The Labute approximate surface area is 125 Å². The molecular weight excluding hydrogens is 270 g/mol. The minimum Gasteiger partial charge on any atom is -0.389 e. The molecule has 0 saturated carbocycles. The number of thiocarbonyl (C=S) groups is 1. The molecule has 5 nitrogen and oxygen atoms in total. The van der Waals surface area contributed by atoms with E-state index in [4.69, 9.17) is 18.0 Å². The summed E-state index contributed by atoms with van der Waals surface area (Å²) in [5, 5.41) is 4.51. The summed E-state index contributed by atoms with van der Waals surface area (Å²) in [4.78, 5) is 5.42. The van der Waals surface area contributed by atoms with Crippen molar-refractivity contribution in [3.8, 4) is 0 Å². The zero-order chi connectivity index (χ0) is 14.4. The van der Waals surface area contributed by atoms with Gasteiger partial charge in [0.1, 0.15) is 10.8 Å². The van der Waals surface area contributed by atoms with Gasteiger partial charge < -0.3 is 10.6 Å². The average molecular weight is 293 g/mol. The van der Waals surface area contributed by atoms with E-state index in [9.17, 15) is 0 Å². The number of rotatable bonds is 2. The van der Waals surface area contributed by atoms with Crippen LogP contribution in [0.1, 0.15) is 30.5 Å². The molecule has 0 aliphatic carbocycles. The van der Waals surface area contributed by atoms with Crippen LogP contribution in [-0.2, 0) is 7.05 Å². The summed E-state index contributed by atoms with van der Waals surface area (Å²) in [6, 6.07) is 1.37. The summed E-state index contributed by atoms with van der Waals surface area (Å²) in [6.45, 7) is 4.08. The Hall–Kier alpha value is -1.14. The highest BCUT2D eigenvalue weighted by molar-refractivity contribution is 7.80. The van der Waals surface area contributed by atoms with Gasteiger partial charge in [-0.1, -0.05) is 12.2 Å². The molecule has 0 spiro atoms. The van der Waals surface area contributed by atoms with Crippen molar-refractivity contribution < 1.29 is 0 Å². The molecule has 2 fully saturated rings. The number of fused-ring (bicyclic) bond motifs is 2. The highest BCUT2D eigenvalue weighted by Gasteiger charge is 2.36. The third kappa shape index (κ3) is 2.11. The van der Waals surface area contributed by atoms with E-state index < -0.39 is 0 Å². The summed E-state index contributed by atoms with van der Waals surface area (Å²) < 4.78 is 1.93. The summed E-state index contributed by atoms with van der Waals surface area (Å²) in [7, 11) is 4.24. The lowest BCUT2D eigenvalue weighted by Gasteiger charge is -2.28. The molecule has 0 amide bonds. The van der Waals surface area contributed by atoms with E-state index in [0.717, 1.165) is 36.2 Å². The highest BCUT2D eigenvalue weighted by atomic mass is 32.1. The molecule has 2 aliphatic heterocycles. The van der Waals surface area contributed by atoms with E-state index in [1.54, 1.807) is 0 Å². The van der Waals surface area contributed by atoms with E-state index in [1.165, 1.54) is 19.3 Å². The van der Waals surface area contributed by atoms with Crippen LogP contribution in [0.15, 0.2) is 0 Å². The topological polar surface area (TPSA) is 50.3 Å². The summed E-state index contributed by atoms with van der Waals surface area (Å²) in [6.07, 6.45) is 3.83. The molecule has 3 rings (SSSR count). The van der Waals surface area contributed by atoms with E-state index in [2.05, 4.69) is 21.9 Å². The maximum atomic E-state index is 5.92. The fourth-order valence-electron chi connectivity index (χ4n) is 3.80. The van der Waals surface area contributed by atoms with E-state index in [-0.39, 0.29) is 0 Å². The van der Waals surface area contributed by atoms with Gasteiger partial charge in [0, 0.05) is 32.2 Å². The minimum atomic E-state index is 0.452. The lowest BCUT2D eigenvalue weighted by Crippen LogP contribution is -2.38. The van der Waals surface area contributed by atoms with Crippen LogP contribution in [0.5, 0.6) is 0 Å². The van der Waals surface area contributed by atoms with Crippen molar-refractivity contribution in [3.05, 3.63) is 11.3 Å². The zero-order valence-corrected chi connectivity index (χ0v) is 13.3. The second-order valence-corrected chi connectivity index (χ2v) is 6.50. The Balaban J connectivity index is 1.95. The Morgan fingerprint density at radius 1 is 1.25 bits per heavy atom. The Morgan fingerprint density at radius 3 is 2.65 bits per heavy atom. The molecule has 2 atom stereocenters. The number of nitrogens with zero attached hydrogens (tertiary/aromatic N) is 4. The van der Waals surface area contributed by atoms with E-state index in [1.807, 2.05) is 18.7 Å². The third-order valence-corrected chi connectivity index (χ3v) is 5.09. The van der Waals surface area contributed by atoms with Crippen LogP contribution in [0.4, 0.5) is 5.82 Å². The van der Waals surface area contributed by atoms with Gasteiger partial charge in [-0.2, -0.15) is 5.10 Å². The normalized spacial score (nSPS) is 26.9. The van der Waals surface area contributed by atoms with Gasteiger partial charge in [-0.25, -0.2) is 0 Å². The van der Waals surface area contributed by atoms with Gasteiger partial charge in [-0.05, 0) is 33.2 Å². The number of aryl methyl sites for hydroxylation is 2. The van der Waals surface area contributed by atoms with Gasteiger partial charge in [-0.3, -0.25) is 9.58 Å². The fourth-order valence-corrected chi connectivity index (χ4v) is 4.04. The lowest BCUT2D eigenvalue weighted by molar-refractivity contribution is 0.254. The number of hydrogen-bond acceptors (Lipinski definition) is 4. The molecule has 2 saturated heterocycles. The van der Waals surface area contributed by atoms with Gasteiger partial charge in [0.2, 0.25) is 0 Å². The van der Waals surface area contributed by atoms with Crippen LogP contribution in [0.2, 0.25) is 0 Å². The molecule has 1 aromatic heterocycles. The van der Waals surface area contributed by atoms with Crippen molar-refractivity contribution in [3.63, 3.8) is 0 Å². The molecule has 2 aliphatic rings. The molecule has 3 heterocycles. The predicted molar refractivity (Wildman–Crippen MR) is 85.2 cm³/mol. The number of nitrogens with two attached hydrogens (primary N) is 1. The number of likely N-dealkylation sites (N-methyl/N-ethyl adjacent to an activating group) is 1. The highest BCUT2D eigenvalue weighted by Crippen LogP contribution is 2.32. The first-order valence-corrected chi connectivity index (χ1v) is 7.70. The Kier molecular flexibility index (Phi) is 3.46. The quantitative estimate of drug-likeness (QED) is 0.826. The molecule has 2 N–H and O–H groups in total. The SMILES string of the molecule is Cc1nn(C)c(N2CCC3CCC(C2)N3C)c1C(N)=S. The molecule has 2 bridgehead atoms. The minimum absolute atomic E-state index is 0.452. The van der Waals surface area contributed by atoms with Crippen LogP contribution in [0, 0.1) is 6.92 Å². The lowest BCUT2D eigenvalue weighted by atomic mass is 10.1. The number of aromatic nitrogens is 2.